The van der Waals surface area contributed by atoms with Crippen LogP contribution in [0, 0.1) is 5.92 Å². The van der Waals surface area contributed by atoms with E-state index in [0.29, 0.717) is 0 Å². The van der Waals surface area contributed by atoms with Crippen molar-refractivity contribution in [2.24, 2.45) is 5.92 Å². The molecule has 1 aliphatic heterocycles. The maximum atomic E-state index is 12.4. The summed E-state index contributed by atoms with van der Waals surface area (Å²) in [6.45, 7) is 9.42. The number of piperidine rings is 1. The SMILES string of the molecule is CC.CC1CCN(Cc2ccc(C(F)F)cc2)CC1. The third-order valence-electron chi connectivity index (χ3n) is 3.51. The largest absolute Gasteiger partial charge is 0.299 e. The highest BCUT2D eigenvalue weighted by molar-refractivity contribution is 5.23. The lowest BCUT2D eigenvalue weighted by Gasteiger charge is -2.30. The van der Waals surface area contributed by atoms with E-state index in [-0.39, 0.29) is 5.56 Å². The van der Waals surface area contributed by atoms with Gasteiger partial charge < -0.3 is 0 Å². The molecular formula is C16H25F2N. The van der Waals surface area contributed by atoms with Gasteiger partial charge in [0.25, 0.3) is 6.43 Å². The van der Waals surface area contributed by atoms with Gasteiger partial charge in [0.2, 0.25) is 0 Å². The van der Waals surface area contributed by atoms with Crippen molar-refractivity contribution < 1.29 is 8.78 Å². The zero-order chi connectivity index (χ0) is 14.3. The van der Waals surface area contributed by atoms with Gasteiger partial charge in [-0.3, -0.25) is 4.90 Å². The molecule has 0 radical (unpaired) electrons. The van der Waals surface area contributed by atoms with E-state index >= 15 is 0 Å². The third kappa shape index (κ3) is 5.27. The van der Waals surface area contributed by atoms with Gasteiger partial charge in [-0.05, 0) is 37.4 Å². The maximum Gasteiger partial charge on any atom is 0.263 e. The third-order valence-corrected chi connectivity index (χ3v) is 3.51. The van der Waals surface area contributed by atoms with Crippen molar-refractivity contribution in [2.75, 3.05) is 13.1 Å². The van der Waals surface area contributed by atoms with Crippen molar-refractivity contribution in [3.63, 3.8) is 0 Å². The first-order chi connectivity index (χ1) is 9.15. The van der Waals surface area contributed by atoms with E-state index < -0.39 is 6.43 Å². The van der Waals surface area contributed by atoms with E-state index in [4.69, 9.17) is 0 Å². The fourth-order valence-corrected chi connectivity index (χ4v) is 2.25. The van der Waals surface area contributed by atoms with Crippen molar-refractivity contribution in [3.8, 4) is 0 Å². The second-order valence-electron chi connectivity index (χ2n) is 5.00. The molecule has 0 unspecified atom stereocenters. The standard InChI is InChI=1S/C14H19F2N.C2H6/c1-11-6-8-17(9-7-11)10-12-2-4-13(5-3-12)14(15)16;1-2/h2-5,11,14H,6-10H2,1H3;1-2H3. The predicted octanol–water partition coefficient (Wildman–Crippen LogP) is 4.88. The number of halogens is 2. The number of hydrogen-bond donors (Lipinski definition) is 0. The summed E-state index contributed by atoms with van der Waals surface area (Å²) in [7, 11) is 0. The summed E-state index contributed by atoms with van der Waals surface area (Å²) in [5.74, 6) is 0.826. The van der Waals surface area contributed by atoms with E-state index in [2.05, 4.69) is 11.8 Å². The molecule has 2 rings (SSSR count). The number of nitrogens with zero attached hydrogens (tertiary/aromatic N) is 1. The summed E-state index contributed by atoms with van der Waals surface area (Å²) in [6.07, 6.45) is 0.129. The summed E-state index contributed by atoms with van der Waals surface area (Å²) in [6, 6.07) is 6.71. The van der Waals surface area contributed by atoms with Crippen molar-refractivity contribution >= 4 is 0 Å². The minimum absolute atomic E-state index is 0.112. The summed E-state index contributed by atoms with van der Waals surface area (Å²) in [4.78, 5) is 2.40. The van der Waals surface area contributed by atoms with E-state index in [0.717, 1.165) is 31.1 Å². The molecule has 0 spiro atoms. The highest BCUT2D eigenvalue weighted by atomic mass is 19.3. The van der Waals surface area contributed by atoms with Crippen LogP contribution in [0.4, 0.5) is 8.78 Å². The van der Waals surface area contributed by atoms with Crippen LogP contribution in [0.5, 0.6) is 0 Å². The quantitative estimate of drug-likeness (QED) is 0.755. The van der Waals surface area contributed by atoms with E-state index in [1.807, 2.05) is 26.0 Å². The summed E-state index contributed by atoms with van der Waals surface area (Å²) >= 11 is 0. The Kier molecular flexibility index (Phi) is 7.00. The van der Waals surface area contributed by atoms with Crippen LogP contribution in [0.15, 0.2) is 24.3 Å². The lowest BCUT2D eigenvalue weighted by molar-refractivity contribution is 0.151. The highest BCUT2D eigenvalue weighted by Crippen LogP contribution is 2.21. The van der Waals surface area contributed by atoms with Crippen LogP contribution in [0.3, 0.4) is 0 Å². The lowest BCUT2D eigenvalue weighted by atomic mass is 9.99. The Hall–Kier alpha value is -0.960. The molecule has 0 bridgehead atoms. The Bertz CT molecular complexity index is 340. The first kappa shape index (κ1) is 16.1. The van der Waals surface area contributed by atoms with Gasteiger partial charge in [-0.2, -0.15) is 0 Å². The molecule has 1 aliphatic rings. The Morgan fingerprint density at radius 2 is 1.63 bits per heavy atom. The molecule has 1 heterocycles. The first-order valence-corrected chi connectivity index (χ1v) is 7.24. The monoisotopic (exact) mass is 269 g/mol. The van der Waals surface area contributed by atoms with Crippen LogP contribution in [0.2, 0.25) is 0 Å². The average molecular weight is 269 g/mol. The summed E-state index contributed by atoms with van der Waals surface area (Å²) < 4.78 is 24.8. The van der Waals surface area contributed by atoms with Gasteiger partial charge in [-0.25, -0.2) is 8.78 Å². The van der Waals surface area contributed by atoms with Gasteiger partial charge in [0.1, 0.15) is 0 Å². The molecule has 0 N–H and O–H groups in total. The predicted molar refractivity (Wildman–Crippen MR) is 76.4 cm³/mol. The number of benzene rings is 1. The molecule has 1 aromatic rings. The molecule has 1 saturated heterocycles. The van der Waals surface area contributed by atoms with Gasteiger partial charge in [-0.1, -0.05) is 45.0 Å². The van der Waals surface area contributed by atoms with Crippen LogP contribution in [0.25, 0.3) is 0 Å². The topological polar surface area (TPSA) is 3.24 Å². The van der Waals surface area contributed by atoms with Crippen molar-refractivity contribution in [1.82, 2.24) is 4.90 Å². The summed E-state index contributed by atoms with van der Waals surface area (Å²) in [5.41, 5.74) is 1.24. The Morgan fingerprint density at radius 1 is 1.11 bits per heavy atom. The molecule has 1 fully saturated rings. The lowest BCUT2D eigenvalue weighted by Crippen LogP contribution is -2.32. The van der Waals surface area contributed by atoms with Crippen molar-refractivity contribution in [3.05, 3.63) is 35.4 Å². The van der Waals surface area contributed by atoms with E-state index in [9.17, 15) is 8.78 Å². The molecule has 108 valence electrons. The van der Waals surface area contributed by atoms with Gasteiger partial charge in [-0.15, -0.1) is 0 Å². The second kappa shape index (κ2) is 8.26. The Balaban J connectivity index is 0.000000861. The van der Waals surface area contributed by atoms with Crippen LogP contribution in [-0.4, -0.2) is 18.0 Å². The molecule has 3 heteroatoms. The number of likely N-dealkylation sites (tertiary alicyclic amines) is 1. The molecule has 19 heavy (non-hydrogen) atoms. The molecule has 0 saturated carbocycles. The van der Waals surface area contributed by atoms with Gasteiger partial charge in [0.05, 0.1) is 0 Å². The smallest absolute Gasteiger partial charge is 0.263 e. The molecule has 0 amide bonds. The molecule has 0 aromatic heterocycles. The number of alkyl halides is 2. The zero-order valence-corrected chi connectivity index (χ0v) is 12.2. The average Bonchev–Trinajstić information content (AvgIpc) is 2.44. The zero-order valence-electron chi connectivity index (χ0n) is 12.2. The van der Waals surface area contributed by atoms with Gasteiger partial charge in [0, 0.05) is 12.1 Å². The number of rotatable bonds is 3. The molecule has 0 aliphatic carbocycles. The number of hydrogen-bond acceptors (Lipinski definition) is 1. The Morgan fingerprint density at radius 3 is 2.11 bits per heavy atom. The van der Waals surface area contributed by atoms with Gasteiger partial charge >= 0.3 is 0 Å². The summed E-state index contributed by atoms with van der Waals surface area (Å²) in [5, 5.41) is 0. The fourth-order valence-electron chi connectivity index (χ4n) is 2.25. The minimum atomic E-state index is -2.36. The highest BCUT2D eigenvalue weighted by Gasteiger charge is 2.15. The molecule has 0 atom stereocenters. The van der Waals surface area contributed by atoms with Crippen molar-refractivity contribution in [1.29, 1.82) is 0 Å². The maximum absolute atomic E-state index is 12.4. The fraction of sp³-hybridized carbons (Fsp3) is 0.625. The van der Waals surface area contributed by atoms with E-state index in [1.165, 1.54) is 25.0 Å². The molecular weight excluding hydrogens is 244 g/mol. The normalized spacial score (nSPS) is 17.2. The van der Waals surface area contributed by atoms with Crippen LogP contribution in [0.1, 0.15) is 51.2 Å². The van der Waals surface area contributed by atoms with Gasteiger partial charge in [0.15, 0.2) is 0 Å². The van der Waals surface area contributed by atoms with Crippen LogP contribution in [-0.2, 0) is 6.54 Å². The van der Waals surface area contributed by atoms with E-state index in [1.54, 1.807) is 0 Å². The Labute approximate surface area is 115 Å². The van der Waals surface area contributed by atoms with Crippen LogP contribution < -0.4 is 0 Å². The first-order valence-electron chi connectivity index (χ1n) is 7.24. The molecule has 1 aromatic carbocycles. The minimum Gasteiger partial charge on any atom is -0.299 e. The molecule has 1 nitrogen and oxygen atoms in total. The van der Waals surface area contributed by atoms with Crippen molar-refractivity contribution in [2.45, 2.75) is 46.6 Å². The van der Waals surface area contributed by atoms with Crippen LogP contribution >= 0.6 is 0 Å². The second-order valence-corrected chi connectivity index (χ2v) is 5.00.